The average molecular weight is 387 g/mol. The monoisotopic (exact) mass is 387 g/mol. The zero-order valence-electron chi connectivity index (χ0n) is 13.8. The Bertz CT molecular complexity index is 1040. The molecule has 5 nitrogen and oxygen atoms in total. The predicted molar refractivity (Wildman–Crippen MR) is 94.9 cm³/mol. The van der Waals surface area contributed by atoms with Crippen LogP contribution in [-0.2, 0) is 12.7 Å². The van der Waals surface area contributed by atoms with Gasteiger partial charge in [-0.25, -0.2) is 4.98 Å². The van der Waals surface area contributed by atoms with E-state index in [4.69, 9.17) is 0 Å². The van der Waals surface area contributed by atoms with Crippen molar-refractivity contribution in [2.45, 2.75) is 12.7 Å². The molecule has 0 saturated carbocycles. The van der Waals surface area contributed by atoms with Gasteiger partial charge in [0.2, 0.25) is 5.82 Å². The van der Waals surface area contributed by atoms with Gasteiger partial charge in [-0.1, -0.05) is 42.5 Å². The van der Waals surface area contributed by atoms with Crippen molar-refractivity contribution in [3.8, 4) is 22.0 Å². The molecule has 0 atom stereocenters. The van der Waals surface area contributed by atoms with Crippen LogP contribution >= 0.6 is 11.3 Å². The van der Waals surface area contributed by atoms with Crippen LogP contribution < -0.4 is 0 Å². The number of alkyl halides is 3. The smallest absolute Gasteiger partial charge is 0.239 e. The first-order chi connectivity index (χ1) is 13.0. The number of aromatic nitrogens is 5. The second-order valence-electron chi connectivity index (χ2n) is 5.73. The van der Waals surface area contributed by atoms with Crippen molar-refractivity contribution in [1.82, 2.24) is 25.2 Å². The van der Waals surface area contributed by atoms with Crippen LogP contribution in [-0.4, -0.2) is 25.2 Å². The maximum atomic E-state index is 12.7. The first-order valence-corrected chi connectivity index (χ1v) is 8.82. The highest BCUT2D eigenvalue weighted by molar-refractivity contribution is 7.13. The van der Waals surface area contributed by atoms with Crippen molar-refractivity contribution in [2.75, 3.05) is 0 Å². The van der Waals surface area contributed by atoms with Gasteiger partial charge >= 0.3 is 6.18 Å². The molecule has 0 amide bonds. The quantitative estimate of drug-likeness (QED) is 0.516. The lowest BCUT2D eigenvalue weighted by atomic mass is 10.1. The molecule has 0 spiro atoms. The summed E-state index contributed by atoms with van der Waals surface area (Å²) in [6.07, 6.45) is -4.35. The van der Waals surface area contributed by atoms with Gasteiger partial charge in [0.25, 0.3) is 0 Å². The van der Waals surface area contributed by atoms with E-state index in [1.54, 1.807) is 0 Å². The largest absolute Gasteiger partial charge is 0.416 e. The van der Waals surface area contributed by atoms with Crippen molar-refractivity contribution in [1.29, 1.82) is 0 Å². The van der Waals surface area contributed by atoms with Crippen LogP contribution in [0, 0.1) is 0 Å². The lowest BCUT2D eigenvalue weighted by Gasteiger charge is -2.06. The number of rotatable bonds is 4. The summed E-state index contributed by atoms with van der Waals surface area (Å²) < 4.78 is 38.0. The van der Waals surface area contributed by atoms with Crippen LogP contribution in [0.3, 0.4) is 0 Å². The lowest BCUT2D eigenvalue weighted by molar-refractivity contribution is -0.137. The molecule has 136 valence electrons. The number of benzene rings is 2. The van der Waals surface area contributed by atoms with Crippen molar-refractivity contribution in [3.05, 3.63) is 71.2 Å². The summed E-state index contributed by atoms with van der Waals surface area (Å²) in [4.78, 5) is 5.90. The average Bonchev–Trinajstić information content (AvgIpc) is 3.32. The Balaban J connectivity index is 1.49. The number of nitrogens with zero attached hydrogens (tertiary/aromatic N) is 5. The first-order valence-electron chi connectivity index (χ1n) is 7.94. The van der Waals surface area contributed by atoms with Gasteiger partial charge in [0.05, 0.1) is 11.3 Å². The van der Waals surface area contributed by atoms with Gasteiger partial charge < -0.3 is 0 Å². The van der Waals surface area contributed by atoms with Crippen LogP contribution in [0.1, 0.15) is 11.3 Å². The third-order valence-corrected chi connectivity index (χ3v) is 4.74. The minimum atomic E-state index is -4.35. The first kappa shape index (κ1) is 17.3. The van der Waals surface area contributed by atoms with Gasteiger partial charge in [-0.2, -0.15) is 18.0 Å². The standard InChI is InChI=1S/C18H12F3N5S/c19-18(20,21)14-8-6-13(7-9-14)17-22-15(11-27-17)10-26-24-16(23-25-26)12-4-2-1-3-5-12/h1-9,11H,10H2. The second kappa shape index (κ2) is 6.92. The highest BCUT2D eigenvalue weighted by atomic mass is 32.1. The molecular weight excluding hydrogens is 375 g/mol. The Kier molecular flexibility index (Phi) is 4.44. The molecule has 9 heteroatoms. The lowest BCUT2D eigenvalue weighted by Crippen LogP contribution is -2.04. The molecule has 0 bridgehead atoms. The summed E-state index contributed by atoms with van der Waals surface area (Å²) in [6.45, 7) is 0.330. The third-order valence-electron chi connectivity index (χ3n) is 3.80. The molecule has 0 fully saturated rings. The van der Waals surface area contributed by atoms with Crippen molar-refractivity contribution >= 4 is 11.3 Å². The minimum Gasteiger partial charge on any atom is -0.239 e. The summed E-state index contributed by atoms with van der Waals surface area (Å²) in [7, 11) is 0. The second-order valence-corrected chi connectivity index (χ2v) is 6.59. The van der Waals surface area contributed by atoms with Crippen LogP contribution in [0.25, 0.3) is 22.0 Å². The Morgan fingerprint density at radius 3 is 2.37 bits per heavy atom. The maximum absolute atomic E-state index is 12.7. The van der Waals surface area contributed by atoms with E-state index in [1.165, 1.54) is 28.3 Å². The molecule has 27 heavy (non-hydrogen) atoms. The molecule has 4 aromatic rings. The van der Waals surface area contributed by atoms with Crippen LogP contribution in [0.5, 0.6) is 0 Å². The molecule has 0 aliphatic carbocycles. The van der Waals surface area contributed by atoms with Crippen molar-refractivity contribution in [3.63, 3.8) is 0 Å². The summed E-state index contributed by atoms with van der Waals surface area (Å²) in [5.41, 5.74) is 1.54. The highest BCUT2D eigenvalue weighted by Crippen LogP contribution is 2.31. The number of tetrazole rings is 1. The van der Waals surface area contributed by atoms with E-state index < -0.39 is 11.7 Å². The Morgan fingerprint density at radius 1 is 0.926 bits per heavy atom. The fraction of sp³-hybridized carbons (Fsp3) is 0.111. The SMILES string of the molecule is FC(F)(F)c1ccc(-c2nc(Cn3nnc(-c4ccccc4)n3)cs2)cc1. The zero-order chi connectivity index (χ0) is 18.9. The van der Waals surface area contributed by atoms with E-state index in [0.717, 1.165) is 17.7 Å². The molecule has 0 unspecified atom stereocenters. The topological polar surface area (TPSA) is 56.5 Å². The molecular formula is C18H12F3N5S. The molecule has 2 aromatic heterocycles. The van der Waals surface area contributed by atoms with Gasteiger partial charge in [-0.3, -0.25) is 0 Å². The van der Waals surface area contributed by atoms with Gasteiger partial charge in [0.15, 0.2) is 0 Å². The fourth-order valence-electron chi connectivity index (χ4n) is 2.47. The number of hydrogen-bond acceptors (Lipinski definition) is 5. The van der Waals surface area contributed by atoms with Gasteiger partial charge in [-0.05, 0) is 17.3 Å². The number of thiazole rings is 1. The molecule has 2 aromatic carbocycles. The van der Waals surface area contributed by atoms with E-state index in [1.807, 2.05) is 35.7 Å². The summed E-state index contributed by atoms with van der Waals surface area (Å²) in [5, 5.41) is 14.9. The van der Waals surface area contributed by atoms with Crippen molar-refractivity contribution in [2.24, 2.45) is 0 Å². The zero-order valence-corrected chi connectivity index (χ0v) is 14.6. The Morgan fingerprint density at radius 2 is 1.67 bits per heavy atom. The maximum Gasteiger partial charge on any atom is 0.416 e. The van der Waals surface area contributed by atoms with E-state index >= 15 is 0 Å². The molecule has 0 aliphatic heterocycles. The van der Waals surface area contributed by atoms with E-state index in [9.17, 15) is 13.2 Å². The summed E-state index contributed by atoms with van der Waals surface area (Å²) in [6, 6.07) is 14.5. The molecule has 0 saturated heterocycles. The van der Waals surface area contributed by atoms with E-state index in [2.05, 4.69) is 20.4 Å². The van der Waals surface area contributed by atoms with Gasteiger partial charge in [0, 0.05) is 16.5 Å². The van der Waals surface area contributed by atoms with Crippen molar-refractivity contribution < 1.29 is 13.2 Å². The van der Waals surface area contributed by atoms with E-state index in [0.29, 0.717) is 28.6 Å². The molecule has 4 rings (SSSR count). The van der Waals surface area contributed by atoms with Gasteiger partial charge in [-0.15, -0.1) is 21.5 Å². The molecule has 2 heterocycles. The third kappa shape index (κ3) is 3.87. The van der Waals surface area contributed by atoms with Gasteiger partial charge in [0.1, 0.15) is 11.6 Å². The highest BCUT2D eigenvalue weighted by Gasteiger charge is 2.30. The molecule has 0 N–H and O–H groups in total. The molecule has 0 aliphatic rings. The normalized spacial score (nSPS) is 11.7. The Labute approximate surface area is 156 Å². The fourth-order valence-corrected chi connectivity index (χ4v) is 3.29. The van der Waals surface area contributed by atoms with Crippen LogP contribution in [0.15, 0.2) is 60.0 Å². The van der Waals surface area contributed by atoms with E-state index in [-0.39, 0.29) is 0 Å². The summed E-state index contributed by atoms with van der Waals surface area (Å²) in [5.74, 6) is 0.522. The predicted octanol–water partition coefficient (Wildman–Crippen LogP) is 4.53. The van der Waals surface area contributed by atoms with Crippen LogP contribution in [0.2, 0.25) is 0 Å². The Hall–Kier alpha value is -3.07. The van der Waals surface area contributed by atoms with Crippen LogP contribution in [0.4, 0.5) is 13.2 Å². The number of halogens is 3. The number of hydrogen-bond donors (Lipinski definition) is 0. The summed E-state index contributed by atoms with van der Waals surface area (Å²) >= 11 is 1.36. The molecule has 0 radical (unpaired) electrons. The minimum absolute atomic E-state index is 0.330.